The van der Waals surface area contributed by atoms with Crippen molar-refractivity contribution in [1.82, 2.24) is 9.97 Å². The fourth-order valence-electron chi connectivity index (χ4n) is 1.57. The summed E-state index contributed by atoms with van der Waals surface area (Å²) < 4.78 is 5.75. The maximum atomic E-state index is 5.76. The first-order valence-corrected chi connectivity index (χ1v) is 5.37. The molecular formula is C12H16N4O. The number of ether oxygens (including phenoxy) is 1. The summed E-state index contributed by atoms with van der Waals surface area (Å²) in [7, 11) is 0. The topological polar surface area (TPSA) is 87.0 Å². The van der Waals surface area contributed by atoms with Crippen molar-refractivity contribution in [1.29, 1.82) is 0 Å². The lowest BCUT2D eigenvalue weighted by Crippen LogP contribution is -2.22. The van der Waals surface area contributed by atoms with Gasteiger partial charge < -0.3 is 16.2 Å². The van der Waals surface area contributed by atoms with Gasteiger partial charge in [0.1, 0.15) is 17.2 Å². The number of benzene rings is 1. The van der Waals surface area contributed by atoms with Gasteiger partial charge in [-0.05, 0) is 32.9 Å². The molecule has 0 radical (unpaired) electrons. The van der Waals surface area contributed by atoms with Gasteiger partial charge in [0.05, 0.1) is 5.52 Å². The van der Waals surface area contributed by atoms with Crippen molar-refractivity contribution in [3.8, 4) is 5.75 Å². The number of hydrogen-bond donors (Lipinski definition) is 2. The molecule has 0 bridgehead atoms. The maximum Gasteiger partial charge on any atom is 0.222 e. The van der Waals surface area contributed by atoms with Crippen LogP contribution < -0.4 is 16.2 Å². The number of nitrogen functional groups attached to an aromatic ring is 2. The number of rotatable bonds is 1. The highest BCUT2D eigenvalue weighted by molar-refractivity contribution is 5.89. The van der Waals surface area contributed by atoms with Crippen LogP contribution in [0.1, 0.15) is 20.8 Å². The van der Waals surface area contributed by atoms with Crippen LogP contribution in [0.25, 0.3) is 10.9 Å². The van der Waals surface area contributed by atoms with Crippen molar-refractivity contribution < 1.29 is 4.74 Å². The van der Waals surface area contributed by atoms with Gasteiger partial charge in [0.2, 0.25) is 5.95 Å². The van der Waals surface area contributed by atoms with Crippen molar-refractivity contribution in [3.05, 3.63) is 18.2 Å². The molecule has 1 aromatic heterocycles. The van der Waals surface area contributed by atoms with Gasteiger partial charge in [-0.2, -0.15) is 4.98 Å². The van der Waals surface area contributed by atoms with Gasteiger partial charge in [-0.1, -0.05) is 0 Å². The van der Waals surface area contributed by atoms with Gasteiger partial charge in [-0.15, -0.1) is 0 Å². The molecule has 0 saturated heterocycles. The quantitative estimate of drug-likeness (QED) is 0.784. The predicted molar refractivity (Wildman–Crippen MR) is 68.7 cm³/mol. The molecule has 0 spiro atoms. The molecule has 0 amide bonds. The lowest BCUT2D eigenvalue weighted by molar-refractivity contribution is 0.131. The standard InChI is InChI=1S/C12H16N4O/c1-12(2,3)17-7-4-5-8-9(6-7)15-11(14)16-10(8)13/h4-6H,1-3H3,(H4,13,14,15,16). The molecule has 0 fully saturated rings. The molecule has 0 aliphatic heterocycles. The number of hydrogen-bond acceptors (Lipinski definition) is 5. The molecule has 0 saturated carbocycles. The van der Waals surface area contributed by atoms with E-state index in [1.165, 1.54) is 0 Å². The van der Waals surface area contributed by atoms with Crippen LogP contribution in [0.4, 0.5) is 11.8 Å². The first kappa shape index (κ1) is 11.4. The average molecular weight is 232 g/mol. The number of fused-ring (bicyclic) bond motifs is 1. The first-order chi connectivity index (χ1) is 7.85. The second kappa shape index (κ2) is 3.76. The van der Waals surface area contributed by atoms with Crippen molar-refractivity contribution >= 4 is 22.7 Å². The summed E-state index contributed by atoms with van der Waals surface area (Å²) in [6.07, 6.45) is 0. The molecule has 0 unspecified atom stereocenters. The van der Waals surface area contributed by atoms with Gasteiger partial charge in [0, 0.05) is 11.5 Å². The third-order valence-electron chi connectivity index (χ3n) is 2.14. The molecule has 90 valence electrons. The molecule has 2 aromatic rings. The molecule has 2 rings (SSSR count). The average Bonchev–Trinajstić information content (AvgIpc) is 2.13. The van der Waals surface area contributed by atoms with E-state index in [9.17, 15) is 0 Å². The van der Waals surface area contributed by atoms with Crippen LogP contribution in [-0.2, 0) is 0 Å². The molecule has 0 aliphatic carbocycles. The number of nitrogens with zero attached hydrogens (tertiary/aromatic N) is 2. The molecule has 1 heterocycles. The minimum Gasteiger partial charge on any atom is -0.488 e. The lowest BCUT2D eigenvalue weighted by Gasteiger charge is -2.21. The minimum atomic E-state index is -0.252. The highest BCUT2D eigenvalue weighted by atomic mass is 16.5. The van der Waals surface area contributed by atoms with Gasteiger partial charge in [-0.3, -0.25) is 0 Å². The predicted octanol–water partition coefficient (Wildman–Crippen LogP) is 1.97. The Morgan fingerprint density at radius 1 is 1.12 bits per heavy atom. The first-order valence-electron chi connectivity index (χ1n) is 5.37. The second-order valence-electron chi connectivity index (χ2n) is 4.86. The molecule has 5 heteroatoms. The van der Waals surface area contributed by atoms with Crippen molar-refractivity contribution in [3.63, 3.8) is 0 Å². The summed E-state index contributed by atoms with van der Waals surface area (Å²) in [6, 6.07) is 5.50. The van der Waals surface area contributed by atoms with E-state index >= 15 is 0 Å². The van der Waals surface area contributed by atoms with Crippen LogP contribution in [0.15, 0.2) is 18.2 Å². The monoisotopic (exact) mass is 232 g/mol. The number of aromatic nitrogens is 2. The molecular weight excluding hydrogens is 216 g/mol. The highest BCUT2D eigenvalue weighted by Crippen LogP contribution is 2.25. The Bertz CT molecular complexity index is 560. The Kier molecular flexibility index (Phi) is 2.53. The van der Waals surface area contributed by atoms with E-state index in [-0.39, 0.29) is 11.5 Å². The second-order valence-corrected chi connectivity index (χ2v) is 4.86. The third-order valence-corrected chi connectivity index (χ3v) is 2.14. The van der Waals surface area contributed by atoms with Gasteiger partial charge in [0.15, 0.2) is 0 Å². The normalized spacial score (nSPS) is 11.7. The fourth-order valence-corrected chi connectivity index (χ4v) is 1.57. The zero-order valence-electron chi connectivity index (χ0n) is 10.2. The van der Waals surface area contributed by atoms with E-state index in [0.29, 0.717) is 11.3 Å². The van der Waals surface area contributed by atoms with Gasteiger partial charge in [0.25, 0.3) is 0 Å². The molecule has 0 aliphatic rings. The van der Waals surface area contributed by atoms with E-state index in [0.717, 1.165) is 11.1 Å². The lowest BCUT2D eigenvalue weighted by atomic mass is 10.2. The molecule has 17 heavy (non-hydrogen) atoms. The molecule has 5 nitrogen and oxygen atoms in total. The van der Waals surface area contributed by atoms with Crippen molar-refractivity contribution in [2.45, 2.75) is 26.4 Å². The summed E-state index contributed by atoms with van der Waals surface area (Å²) in [5, 5.41) is 0.778. The van der Waals surface area contributed by atoms with E-state index in [2.05, 4.69) is 9.97 Å². The Balaban J connectivity index is 2.50. The van der Waals surface area contributed by atoms with Crippen LogP contribution in [0.5, 0.6) is 5.75 Å². The zero-order chi connectivity index (χ0) is 12.6. The smallest absolute Gasteiger partial charge is 0.222 e. The summed E-state index contributed by atoms with van der Waals surface area (Å²) in [5.41, 5.74) is 11.8. The summed E-state index contributed by atoms with van der Waals surface area (Å²) in [6.45, 7) is 5.96. The fraction of sp³-hybridized carbons (Fsp3) is 0.333. The van der Waals surface area contributed by atoms with E-state index in [4.69, 9.17) is 16.2 Å². The summed E-state index contributed by atoms with van der Waals surface area (Å²) in [4.78, 5) is 8.04. The van der Waals surface area contributed by atoms with Crippen molar-refractivity contribution in [2.75, 3.05) is 11.5 Å². The zero-order valence-corrected chi connectivity index (χ0v) is 10.2. The van der Waals surface area contributed by atoms with E-state index in [1.54, 1.807) is 0 Å². The Labute approximate surface area is 99.8 Å². The van der Waals surface area contributed by atoms with Crippen LogP contribution in [0.2, 0.25) is 0 Å². The SMILES string of the molecule is CC(C)(C)Oc1ccc2c(N)nc(N)nc2c1. The Morgan fingerprint density at radius 3 is 2.47 bits per heavy atom. The number of nitrogens with two attached hydrogens (primary N) is 2. The van der Waals surface area contributed by atoms with Crippen LogP contribution in [0, 0.1) is 0 Å². The number of anilines is 2. The van der Waals surface area contributed by atoms with E-state index in [1.807, 2.05) is 39.0 Å². The maximum absolute atomic E-state index is 5.76. The van der Waals surface area contributed by atoms with Gasteiger partial charge in [-0.25, -0.2) is 4.98 Å². The largest absolute Gasteiger partial charge is 0.488 e. The highest BCUT2D eigenvalue weighted by Gasteiger charge is 2.12. The van der Waals surface area contributed by atoms with Crippen LogP contribution in [-0.4, -0.2) is 15.6 Å². The minimum absolute atomic E-state index is 0.169. The van der Waals surface area contributed by atoms with Crippen LogP contribution >= 0.6 is 0 Å². The molecule has 0 atom stereocenters. The molecule has 4 N–H and O–H groups in total. The summed E-state index contributed by atoms with van der Waals surface area (Å²) in [5.74, 6) is 1.29. The molecule has 1 aromatic carbocycles. The third kappa shape index (κ3) is 2.55. The summed E-state index contributed by atoms with van der Waals surface area (Å²) >= 11 is 0. The van der Waals surface area contributed by atoms with Crippen LogP contribution in [0.3, 0.4) is 0 Å². The Hall–Kier alpha value is -2.04. The van der Waals surface area contributed by atoms with Gasteiger partial charge >= 0.3 is 0 Å². The van der Waals surface area contributed by atoms with E-state index < -0.39 is 0 Å². The van der Waals surface area contributed by atoms with Crippen molar-refractivity contribution in [2.24, 2.45) is 0 Å². The Morgan fingerprint density at radius 2 is 1.82 bits per heavy atom.